The summed E-state index contributed by atoms with van der Waals surface area (Å²) >= 11 is 0. The largest absolute Gasteiger partial charge is 0.347 e. The van der Waals surface area contributed by atoms with Gasteiger partial charge >= 0.3 is 0 Å². The number of hydrogen-bond donors (Lipinski definition) is 0. The van der Waals surface area contributed by atoms with Gasteiger partial charge in [-0.25, -0.2) is 0 Å². The van der Waals surface area contributed by atoms with Crippen molar-refractivity contribution in [1.29, 1.82) is 0 Å². The van der Waals surface area contributed by atoms with Gasteiger partial charge < -0.3 is 4.90 Å². The summed E-state index contributed by atoms with van der Waals surface area (Å²) in [6.07, 6.45) is 11.9. The van der Waals surface area contributed by atoms with Gasteiger partial charge in [-0.05, 0) is 67.1 Å². The molecule has 2 aliphatic heterocycles. The first-order valence-electron chi connectivity index (χ1n) is 15.4. The lowest BCUT2D eigenvalue weighted by Crippen LogP contribution is -2.37. The molecule has 4 rings (SSSR count). The number of hydrogen-bond acceptors (Lipinski definition) is 1. The zero-order valence-electron chi connectivity index (χ0n) is 26.4. The van der Waals surface area contributed by atoms with Crippen molar-refractivity contribution in [3.8, 4) is 0 Å². The predicted octanol–water partition coefficient (Wildman–Crippen LogP) is 9.67. The molecule has 0 bridgehead atoms. The molecule has 0 radical (unpaired) electrons. The lowest BCUT2D eigenvalue weighted by Gasteiger charge is -2.36. The first-order chi connectivity index (χ1) is 18.4. The quantitative estimate of drug-likeness (QED) is 0.280. The van der Waals surface area contributed by atoms with E-state index in [9.17, 15) is 0 Å². The Balaban J connectivity index is 1.86. The van der Waals surface area contributed by atoms with Crippen LogP contribution in [0.15, 0.2) is 72.5 Å². The maximum Gasteiger partial charge on any atom is 0.209 e. The molecular weight excluding hydrogens is 472 g/mol. The Kier molecular flexibility index (Phi) is 8.64. The van der Waals surface area contributed by atoms with Gasteiger partial charge in [0.15, 0.2) is 5.71 Å². The van der Waals surface area contributed by atoms with Gasteiger partial charge in [0.1, 0.15) is 7.05 Å². The molecule has 2 heterocycles. The molecule has 0 amide bonds. The number of para-hydroxylation sites is 2. The molecule has 39 heavy (non-hydrogen) atoms. The van der Waals surface area contributed by atoms with Crippen LogP contribution in [0.2, 0.25) is 0 Å². The Bertz CT molecular complexity index is 1230. The molecule has 0 saturated heterocycles. The zero-order chi connectivity index (χ0) is 28.5. The molecule has 0 aliphatic carbocycles. The smallest absolute Gasteiger partial charge is 0.209 e. The van der Waals surface area contributed by atoms with Crippen LogP contribution >= 0.6 is 0 Å². The van der Waals surface area contributed by atoms with E-state index in [1.165, 1.54) is 59.6 Å². The second-order valence-corrected chi connectivity index (χ2v) is 14.0. The second kappa shape index (κ2) is 11.5. The number of likely N-dealkylation sites (N-methyl/N-ethyl adjacent to an activating group) is 1. The molecule has 0 aromatic heterocycles. The highest BCUT2D eigenvalue weighted by molar-refractivity contribution is 6.03. The first kappa shape index (κ1) is 29.4. The number of allylic oxidation sites excluding steroid dienone is 4. The molecule has 2 aromatic rings. The highest BCUT2D eigenvalue weighted by Crippen LogP contribution is 2.54. The van der Waals surface area contributed by atoms with Crippen molar-refractivity contribution in [1.82, 2.24) is 0 Å². The molecule has 0 fully saturated rings. The third kappa shape index (κ3) is 5.41. The Morgan fingerprint density at radius 1 is 0.692 bits per heavy atom. The van der Waals surface area contributed by atoms with Crippen LogP contribution in [0.3, 0.4) is 0 Å². The van der Waals surface area contributed by atoms with Gasteiger partial charge in [0.2, 0.25) is 5.69 Å². The Labute approximate surface area is 239 Å². The summed E-state index contributed by atoms with van der Waals surface area (Å²) in [5.41, 5.74) is 8.71. The van der Waals surface area contributed by atoms with E-state index in [1.807, 2.05) is 0 Å². The summed E-state index contributed by atoms with van der Waals surface area (Å²) in [5.74, 6) is 2.46. The van der Waals surface area contributed by atoms with E-state index >= 15 is 0 Å². The second-order valence-electron chi connectivity index (χ2n) is 14.0. The van der Waals surface area contributed by atoms with Crippen LogP contribution in [0, 0.1) is 23.7 Å². The van der Waals surface area contributed by atoms with Crippen LogP contribution in [0.25, 0.3) is 0 Å². The summed E-state index contributed by atoms with van der Waals surface area (Å²) in [7, 11) is 4.54. The minimum atomic E-state index is 0.0418. The van der Waals surface area contributed by atoms with Crippen molar-refractivity contribution in [3.63, 3.8) is 0 Å². The SMILES string of the molecule is CC(C)CC1(CC(C)C)C(=CC=CC2=[N+](C)c3ccccc3C2(CC(C)C)CC(C)C)N(C)c2ccccc21. The normalized spacial score (nSPS) is 19.0. The van der Waals surface area contributed by atoms with Crippen LogP contribution in [0.4, 0.5) is 11.4 Å². The average molecular weight is 526 g/mol. The highest BCUT2D eigenvalue weighted by Gasteiger charge is 2.50. The van der Waals surface area contributed by atoms with Crippen molar-refractivity contribution < 1.29 is 4.58 Å². The third-order valence-electron chi connectivity index (χ3n) is 8.80. The van der Waals surface area contributed by atoms with Crippen molar-refractivity contribution in [3.05, 3.63) is 83.6 Å². The van der Waals surface area contributed by atoms with Crippen LogP contribution in [0.1, 0.15) is 92.2 Å². The lowest BCUT2D eigenvalue weighted by molar-refractivity contribution is -0.401. The molecule has 2 nitrogen and oxygen atoms in total. The maximum atomic E-state index is 2.47. The summed E-state index contributed by atoms with van der Waals surface area (Å²) in [4.78, 5) is 2.47. The molecular formula is C37H53N2+. The van der Waals surface area contributed by atoms with Crippen LogP contribution in [0.5, 0.6) is 0 Å². The molecule has 0 unspecified atom stereocenters. The molecule has 0 atom stereocenters. The van der Waals surface area contributed by atoms with Gasteiger partial charge in [-0.3, -0.25) is 0 Å². The molecule has 2 heteroatoms. The highest BCUT2D eigenvalue weighted by atomic mass is 15.2. The zero-order valence-corrected chi connectivity index (χ0v) is 26.4. The fourth-order valence-electron chi connectivity index (χ4n) is 8.10. The lowest BCUT2D eigenvalue weighted by atomic mass is 9.67. The van der Waals surface area contributed by atoms with E-state index in [2.05, 4.69) is 146 Å². The number of rotatable bonds is 10. The minimum Gasteiger partial charge on any atom is -0.347 e. The van der Waals surface area contributed by atoms with E-state index in [1.54, 1.807) is 0 Å². The van der Waals surface area contributed by atoms with Gasteiger partial charge in [-0.15, -0.1) is 0 Å². The number of anilines is 1. The van der Waals surface area contributed by atoms with E-state index in [0.29, 0.717) is 23.7 Å². The van der Waals surface area contributed by atoms with Crippen molar-refractivity contribution in [2.45, 2.75) is 91.9 Å². The third-order valence-corrected chi connectivity index (χ3v) is 8.80. The summed E-state index contributed by atoms with van der Waals surface area (Å²) in [5, 5.41) is 0. The standard InChI is InChI=1S/C37H53N2/c1-26(2)22-36(23-27(3)4)30-16-11-13-18-32(30)38(9)34(36)20-15-21-35-37(24-28(5)6,25-29(7)8)31-17-12-14-19-33(31)39(35)10/h11-21,26-29H,22-25H2,1-10H3/q+1. The number of benzene rings is 2. The van der Waals surface area contributed by atoms with Crippen molar-refractivity contribution >= 4 is 17.1 Å². The van der Waals surface area contributed by atoms with Crippen LogP contribution in [-0.4, -0.2) is 24.4 Å². The number of nitrogens with zero attached hydrogens (tertiary/aromatic N) is 2. The van der Waals surface area contributed by atoms with Crippen molar-refractivity contribution in [2.24, 2.45) is 23.7 Å². The Hall–Kier alpha value is -2.61. The Morgan fingerprint density at radius 2 is 1.18 bits per heavy atom. The van der Waals surface area contributed by atoms with Gasteiger partial charge in [0.25, 0.3) is 0 Å². The molecule has 0 N–H and O–H groups in total. The summed E-state index contributed by atoms with van der Waals surface area (Å²) in [6, 6.07) is 18.2. The van der Waals surface area contributed by atoms with E-state index in [4.69, 9.17) is 0 Å². The summed E-state index contributed by atoms with van der Waals surface area (Å²) in [6.45, 7) is 19.0. The average Bonchev–Trinajstić information content (AvgIpc) is 3.19. The molecule has 210 valence electrons. The molecule has 0 saturated carbocycles. The van der Waals surface area contributed by atoms with Gasteiger partial charge in [0, 0.05) is 41.6 Å². The van der Waals surface area contributed by atoms with Gasteiger partial charge in [-0.1, -0.05) is 97.9 Å². The van der Waals surface area contributed by atoms with Gasteiger partial charge in [-0.2, -0.15) is 4.58 Å². The topological polar surface area (TPSA) is 6.25 Å². The minimum absolute atomic E-state index is 0.0418. The fourth-order valence-corrected chi connectivity index (χ4v) is 8.10. The first-order valence-corrected chi connectivity index (χ1v) is 15.4. The maximum absolute atomic E-state index is 2.47. The van der Waals surface area contributed by atoms with Crippen LogP contribution < -0.4 is 4.90 Å². The van der Waals surface area contributed by atoms with E-state index < -0.39 is 0 Å². The van der Waals surface area contributed by atoms with E-state index in [-0.39, 0.29) is 10.8 Å². The molecule has 2 aliphatic rings. The molecule has 0 spiro atoms. The van der Waals surface area contributed by atoms with Crippen LogP contribution in [-0.2, 0) is 10.8 Å². The Morgan fingerprint density at radius 3 is 1.74 bits per heavy atom. The fraction of sp³-hybridized carbons (Fsp3) is 0.541. The monoisotopic (exact) mass is 525 g/mol. The predicted molar refractivity (Wildman–Crippen MR) is 171 cm³/mol. The number of fused-ring (bicyclic) bond motifs is 2. The van der Waals surface area contributed by atoms with Gasteiger partial charge in [0.05, 0.1) is 5.41 Å². The van der Waals surface area contributed by atoms with E-state index in [0.717, 1.165) is 0 Å². The summed E-state index contributed by atoms with van der Waals surface area (Å²) < 4.78 is 2.47. The molecule has 2 aromatic carbocycles. The van der Waals surface area contributed by atoms with Crippen molar-refractivity contribution in [2.75, 3.05) is 19.0 Å².